The Morgan fingerprint density at radius 3 is 2.17 bits per heavy atom. The minimum absolute atomic E-state index is 0.0785. The lowest BCUT2D eigenvalue weighted by Gasteiger charge is -2.24. The van der Waals surface area contributed by atoms with Crippen molar-refractivity contribution in [3.05, 3.63) is 60.2 Å². The molecule has 2 aromatic carbocycles. The third kappa shape index (κ3) is 3.65. The van der Waals surface area contributed by atoms with Gasteiger partial charge in [-0.05, 0) is 36.1 Å². The molecule has 124 valence electrons. The summed E-state index contributed by atoms with van der Waals surface area (Å²) in [5.41, 5.74) is 2.78. The van der Waals surface area contributed by atoms with Crippen molar-refractivity contribution in [3.8, 4) is 11.1 Å². The van der Waals surface area contributed by atoms with E-state index in [0.29, 0.717) is 5.56 Å². The Kier molecular flexibility index (Phi) is 4.65. The molecule has 1 atom stereocenters. The quantitative estimate of drug-likeness (QED) is 0.882. The molecule has 0 aliphatic heterocycles. The Hall–Kier alpha value is -2.62. The Balaban J connectivity index is 1.77. The minimum atomic E-state index is -0.868. The average molecular weight is 323 g/mol. The lowest BCUT2D eigenvalue weighted by molar-refractivity contribution is -0.141. The number of hydrogen-bond acceptors (Lipinski definition) is 2. The Bertz CT molecular complexity index is 720. The molecule has 4 nitrogen and oxygen atoms in total. The normalized spacial score (nSPS) is 14.9. The third-order valence-corrected chi connectivity index (χ3v) is 4.38. The maximum atomic E-state index is 12.8. The summed E-state index contributed by atoms with van der Waals surface area (Å²) < 4.78 is 0. The molecule has 1 amide bonds. The second-order valence-corrected chi connectivity index (χ2v) is 6.37. The van der Waals surface area contributed by atoms with Crippen molar-refractivity contribution in [2.45, 2.75) is 25.8 Å². The van der Waals surface area contributed by atoms with Crippen LogP contribution in [0.1, 0.15) is 30.1 Å². The zero-order chi connectivity index (χ0) is 17.1. The van der Waals surface area contributed by atoms with Crippen LogP contribution in [0.4, 0.5) is 0 Å². The minimum Gasteiger partial charge on any atom is -0.481 e. The summed E-state index contributed by atoms with van der Waals surface area (Å²) in [5, 5.41) is 9.11. The van der Waals surface area contributed by atoms with Crippen molar-refractivity contribution in [2.75, 3.05) is 6.54 Å². The van der Waals surface area contributed by atoms with E-state index in [4.69, 9.17) is 5.11 Å². The zero-order valence-corrected chi connectivity index (χ0v) is 13.7. The molecule has 2 aromatic rings. The number of carbonyl (C=O) groups is 2. The zero-order valence-electron chi connectivity index (χ0n) is 13.7. The maximum Gasteiger partial charge on any atom is 0.308 e. The predicted octanol–water partition coefficient (Wildman–Crippen LogP) is 3.68. The Labute approximate surface area is 141 Å². The molecule has 1 saturated carbocycles. The van der Waals surface area contributed by atoms with E-state index in [0.717, 1.165) is 24.0 Å². The van der Waals surface area contributed by atoms with Crippen molar-refractivity contribution in [3.63, 3.8) is 0 Å². The van der Waals surface area contributed by atoms with Crippen LogP contribution in [0.25, 0.3) is 11.1 Å². The second kappa shape index (κ2) is 6.87. The van der Waals surface area contributed by atoms with E-state index in [-0.39, 0.29) is 18.5 Å². The summed E-state index contributed by atoms with van der Waals surface area (Å²) in [4.78, 5) is 25.6. The monoisotopic (exact) mass is 323 g/mol. The molecule has 0 heterocycles. The number of carbonyl (C=O) groups excluding carboxylic acids is 1. The molecule has 24 heavy (non-hydrogen) atoms. The van der Waals surface area contributed by atoms with Gasteiger partial charge in [0.05, 0.1) is 5.92 Å². The van der Waals surface area contributed by atoms with E-state index in [1.54, 1.807) is 11.8 Å². The lowest BCUT2D eigenvalue weighted by Crippen LogP contribution is -2.38. The van der Waals surface area contributed by atoms with Crippen LogP contribution in [0.5, 0.6) is 0 Å². The smallest absolute Gasteiger partial charge is 0.308 e. The van der Waals surface area contributed by atoms with Crippen LogP contribution < -0.4 is 0 Å². The summed E-state index contributed by atoms with van der Waals surface area (Å²) in [6, 6.07) is 17.7. The van der Waals surface area contributed by atoms with E-state index < -0.39 is 11.9 Å². The number of rotatable bonds is 6. The first kappa shape index (κ1) is 16.2. The van der Waals surface area contributed by atoms with Crippen molar-refractivity contribution in [1.82, 2.24) is 4.90 Å². The van der Waals surface area contributed by atoms with Gasteiger partial charge in [-0.1, -0.05) is 49.4 Å². The molecule has 0 saturated heterocycles. The van der Waals surface area contributed by atoms with Crippen LogP contribution >= 0.6 is 0 Å². The van der Waals surface area contributed by atoms with Gasteiger partial charge in [-0.25, -0.2) is 0 Å². The Morgan fingerprint density at radius 2 is 1.62 bits per heavy atom. The molecule has 1 N–H and O–H groups in total. The van der Waals surface area contributed by atoms with E-state index in [1.807, 2.05) is 54.6 Å². The van der Waals surface area contributed by atoms with Gasteiger partial charge in [0.2, 0.25) is 0 Å². The fraction of sp³-hybridized carbons (Fsp3) is 0.300. The number of amides is 1. The fourth-order valence-corrected chi connectivity index (χ4v) is 2.76. The van der Waals surface area contributed by atoms with E-state index in [9.17, 15) is 9.59 Å². The van der Waals surface area contributed by atoms with Crippen LogP contribution in [-0.2, 0) is 4.79 Å². The highest BCUT2D eigenvalue weighted by atomic mass is 16.4. The van der Waals surface area contributed by atoms with E-state index >= 15 is 0 Å². The highest BCUT2D eigenvalue weighted by Gasteiger charge is 2.34. The first-order valence-electron chi connectivity index (χ1n) is 8.25. The number of nitrogens with zero attached hydrogens (tertiary/aromatic N) is 1. The van der Waals surface area contributed by atoms with Gasteiger partial charge in [0.15, 0.2) is 0 Å². The van der Waals surface area contributed by atoms with E-state index in [1.165, 1.54) is 0 Å². The van der Waals surface area contributed by atoms with Crippen molar-refractivity contribution < 1.29 is 14.7 Å². The van der Waals surface area contributed by atoms with Crippen molar-refractivity contribution in [2.24, 2.45) is 5.92 Å². The van der Waals surface area contributed by atoms with Crippen LogP contribution in [0, 0.1) is 5.92 Å². The van der Waals surface area contributed by atoms with Gasteiger partial charge in [-0.3, -0.25) is 9.59 Å². The molecule has 1 fully saturated rings. The summed E-state index contributed by atoms with van der Waals surface area (Å²) in [5.74, 6) is -1.50. The SMILES string of the molecule is CC(CN(C(=O)c1ccc(-c2ccccc2)cc1)C1CC1)C(=O)O. The highest BCUT2D eigenvalue weighted by Crippen LogP contribution is 2.29. The largest absolute Gasteiger partial charge is 0.481 e. The molecule has 4 heteroatoms. The molecule has 0 radical (unpaired) electrons. The second-order valence-electron chi connectivity index (χ2n) is 6.37. The van der Waals surface area contributed by atoms with Crippen LogP contribution in [0.2, 0.25) is 0 Å². The molecular formula is C20H21NO3. The predicted molar refractivity (Wildman–Crippen MR) is 92.7 cm³/mol. The van der Waals surface area contributed by atoms with Gasteiger partial charge in [-0.2, -0.15) is 0 Å². The molecule has 1 aliphatic rings. The number of carboxylic acid groups (broad SMARTS) is 1. The first-order chi connectivity index (χ1) is 11.6. The summed E-state index contributed by atoms with van der Waals surface area (Å²) in [7, 11) is 0. The Morgan fingerprint density at radius 1 is 1.04 bits per heavy atom. The van der Waals surface area contributed by atoms with E-state index in [2.05, 4.69) is 0 Å². The molecule has 1 aliphatic carbocycles. The van der Waals surface area contributed by atoms with Gasteiger partial charge in [0.25, 0.3) is 5.91 Å². The van der Waals surface area contributed by atoms with Crippen LogP contribution in [0.15, 0.2) is 54.6 Å². The van der Waals surface area contributed by atoms with Crippen LogP contribution in [0.3, 0.4) is 0 Å². The molecule has 3 rings (SSSR count). The topological polar surface area (TPSA) is 57.6 Å². The number of carboxylic acids is 1. The maximum absolute atomic E-state index is 12.8. The van der Waals surface area contributed by atoms with Crippen molar-refractivity contribution in [1.29, 1.82) is 0 Å². The van der Waals surface area contributed by atoms with Crippen LogP contribution in [-0.4, -0.2) is 34.5 Å². The number of benzene rings is 2. The molecule has 1 unspecified atom stereocenters. The van der Waals surface area contributed by atoms with Gasteiger partial charge in [-0.15, -0.1) is 0 Å². The summed E-state index contributed by atoms with van der Waals surface area (Å²) in [6.07, 6.45) is 1.92. The van der Waals surface area contributed by atoms with Gasteiger partial charge in [0.1, 0.15) is 0 Å². The molecule has 0 bridgehead atoms. The fourth-order valence-electron chi connectivity index (χ4n) is 2.76. The highest BCUT2D eigenvalue weighted by molar-refractivity contribution is 5.95. The summed E-state index contributed by atoms with van der Waals surface area (Å²) >= 11 is 0. The standard InChI is InChI=1S/C20H21NO3/c1-14(20(23)24)13-21(18-11-12-18)19(22)17-9-7-16(8-10-17)15-5-3-2-4-6-15/h2-10,14,18H,11-13H2,1H3,(H,23,24). The third-order valence-electron chi connectivity index (χ3n) is 4.38. The molecule has 0 aromatic heterocycles. The number of hydrogen-bond donors (Lipinski definition) is 1. The van der Waals surface area contributed by atoms with Gasteiger partial charge >= 0.3 is 5.97 Å². The van der Waals surface area contributed by atoms with Gasteiger partial charge < -0.3 is 10.0 Å². The lowest BCUT2D eigenvalue weighted by atomic mass is 10.0. The molecular weight excluding hydrogens is 302 g/mol. The summed E-state index contributed by atoms with van der Waals surface area (Å²) in [6.45, 7) is 1.91. The first-order valence-corrected chi connectivity index (χ1v) is 8.25. The average Bonchev–Trinajstić information content (AvgIpc) is 3.44. The number of aliphatic carboxylic acids is 1. The van der Waals surface area contributed by atoms with Crippen molar-refractivity contribution >= 4 is 11.9 Å². The molecule has 0 spiro atoms. The van der Waals surface area contributed by atoms with Gasteiger partial charge in [0, 0.05) is 18.2 Å².